The normalized spacial score (nSPS) is 11.1. The van der Waals surface area contributed by atoms with Crippen LogP contribution >= 0.6 is 11.6 Å². The molecule has 0 aliphatic heterocycles. The van der Waals surface area contributed by atoms with Gasteiger partial charge in [0, 0.05) is 11.3 Å². The highest BCUT2D eigenvalue weighted by Crippen LogP contribution is 2.27. The number of halogens is 1. The van der Waals surface area contributed by atoms with E-state index < -0.39 is 15.9 Å². The number of benzene rings is 4. The first-order chi connectivity index (χ1) is 17.2. The van der Waals surface area contributed by atoms with Gasteiger partial charge in [0.1, 0.15) is 17.3 Å². The summed E-state index contributed by atoms with van der Waals surface area (Å²) in [6, 6.07) is 26.4. The molecule has 0 aromatic heterocycles. The maximum Gasteiger partial charge on any atom is 0.263 e. The second kappa shape index (κ2) is 10.8. The summed E-state index contributed by atoms with van der Waals surface area (Å²) >= 11 is 6.21. The summed E-state index contributed by atoms with van der Waals surface area (Å²) in [4.78, 5) is 12.7. The second-order valence-corrected chi connectivity index (χ2v) is 10.4. The van der Waals surface area contributed by atoms with Gasteiger partial charge in [0.25, 0.3) is 15.9 Å². The quantitative estimate of drug-likeness (QED) is 0.274. The molecule has 0 radical (unpaired) electrons. The lowest BCUT2D eigenvalue weighted by Gasteiger charge is -2.13. The molecule has 8 heteroatoms. The standard InChI is InChI=1S/C28H25ClN2O4S/c1-19-8-9-20(2)26(16-19)31-36(33,34)27-17-22(10-15-25(27)29)28(32)30-23-11-13-24(14-12-23)35-18-21-6-4-3-5-7-21/h3-17,31H,18H2,1-2H3,(H,30,32). The molecule has 4 rings (SSSR count). The fraction of sp³-hybridized carbons (Fsp3) is 0.107. The lowest BCUT2D eigenvalue weighted by molar-refractivity contribution is 0.102. The van der Waals surface area contributed by atoms with E-state index >= 15 is 0 Å². The third kappa shape index (κ3) is 6.24. The summed E-state index contributed by atoms with van der Waals surface area (Å²) in [6.07, 6.45) is 0. The van der Waals surface area contributed by atoms with Gasteiger partial charge in [0.15, 0.2) is 0 Å². The first kappa shape index (κ1) is 25.3. The second-order valence-electron chi connectivity index (χ2n) is 8.32. The molecule has 184 valence electrons. The van der Waals surface area contributed by atoms with E-state index in [0.717, 1.165) is 16.7 Å². The Kier molecular flexibility index (Phi) is 7.62. The van der Waals surface area contributed by atoms with Gasteiger partial charge in [-0.05, 0) is 79.1 Å². The number of hydrogen-bond donors (Lipinski definition) is 2. The molecule has 4 aromatic rings. The maximum absolute atomic E-state index is 13.1. The van der Waals surface area contributed by atoms with E-state index in [9.17, 15) is 13.2 Å². The van der Waals surface area contributed by atoms with Crippen molar-refractivity contribution in [1.29, 1.82) is 0 Å². The zero-order valence-electron chi connectivity index (χ0n) is 19.8. The van der Waals surface area contributed by atoms with Crippen molar-refractivity contribution in [3.63, 3.8) is 0 Å². The SMILES string of the molecule is Cc1ccc(C)c(NS(=O)(=O)c2cc(C(=O)Nc3ccc(OCc4ccccc4)cc3)ccc2Cl)c1. The molecular formula is C28H25ClN2O4S. The largest absolute Gasteiger partial charge is 0.489 e. The van der Waals surface area contributed by atoms with Crippen molar-refractivity contribution in [3.05, 3.63) is 118 Å². The van der Waals surface area contributed by atoms with Crippen LogP contribution in [0.15, 0.2) is 95.9 Å². The molecular weight excluding hydrogens is 496 g/mol. The predicted octanol–water partition coefficient (Wildman–Crippen LogP) is 6.59. The summed E-state index contributed by atoms with van der Waals surface area (Å²) in [5, 5.41) is 2.79. The van der Waals surface area contributed by atoms with Crippen molar-refractivity contribution >= 4 is 38.9 Å². The molecule has 1 amide bonds. The van der Waals surface area contributed by atoms with Gasteiger partial charge >= 0.3 is 0 Å². The van der Waals surface area contributed by atoms with Gasteiger partial charge in [-0.15, -0.1) is 0 Å². The molecule has 4 aromatic carbocycles. The molecule has 0 fully saturated rings. The van der Waals surface area contributed by atoms with Gasteiger partial charge in [-0.1, -0.05) is 54.1 Å². The first-order valence-electron chi connectivity index (χ1n) is 11.2. The number of nitrogens with one attached hydrogen (secondary N) is 2. The number of sulfonamides is 1. The van der Waals surface area contributed by atoms with Crippen molar-refractivity contribution in [2.24, 2.45) is 0 Å². The Balaban J connectivity index is 1.46. The Morgan fingerprint density at radius 3 is 2.33 bits per heavy atom. The number of amides is 1. The number of anilines is 2. The third-order valence-electron chi connectivity index (χ3n) is 5.48. The van der Waals surface area contributed by atoms with Crippen LogP contribution in [-0.2, 0) is 16.6 Å². The fourth-order valence-corrected chi connectivity index (χ4v) is 5.12. The monoisotopic (exact) mass is 520 g/mol. The zero-order valence-corrected chi connectivity index (χ0v) is 21.4. The van der Waals surface area contributed by atoms with E-state index in [0.29, 0.717) is 23.7 Å². The van der Waals surface area contributed by atoms with Gasteiger partial charge in [-0.3, -0.25) is 9.52 Å². The van der Waals surface area contributed by atoms with E-state index in [-0.39, 0.29) is 15.5 Å². The van der Waals surface area contributed by atoms with Gasteiger partial charge in [0.05, 0.1) is 10.7 Å². The Bertz CT molecular complexity index is 1490. The minimum absolute atomic E-state index is 0.0178. The predicted molar refractivity (Wildman–Crippen MR) is 143 cm³/mol. The minimum Gasteiger partial charge on any atom is -0.489 e. The van der Waals surface area contributed by atoms with Gasteiger partial charge in [-0.2, -0.15) is 0 Å². The molecule has 36 heavy (non-hydrogen) atoms. The van der Waals surface area contributed by atoms with E-state index in [1.165, 1.54) is 18.2 Å². The average molecular weight is 521 g/mol. The van der Waals surface area contributed by atoms with Crippen LogP contribution in [0.5, 0.6) is 5.75 Å². The van der Waals surface area contributed by atoms with Crippen molar-refractivity contribution in [3.8, 4) is 5.75 Å². The lowest BCUT2D eigenvalue weighted by atomic mass is 10.1. The Labute approximate surface area is 216 Å². The minimum atomic E-state index is -4.03. The molecule has 0 heterocycles. The van der Waals surface area contributed by atoms with E-state index in [1.807, 2.05) is 49.4 Å². The van der Waals surface area contributed by atoms with Crippen molar-refractivity contribution < 1.29 is 17.9 Å². The van der Waals surface area contributed by atoms with Crippen LogP contribution in [0.1, 0.15) is 27.0 Å². The van der Waals surface area contributed by atoms with Gasteiger partial charge in [-0.25, -0.2) is 8.42 Å². The number of ether oxygens (including phenoxy) is 1. The summed E-state index contributed by atoms with van der Waals surface area (Å²) in [5.41, 5.74) is 3.88. The van der Waals surface area contributed by atoms with Crippen molar-refractivity contribution in [1.82, 2.24) is 0 Å². The smallest absolute Gasteiger partial charge is 0.263 e. The number of rotatable bonds is 8. The molecule has 0 aliphatic rings. The van der Waals surface area contributed by atoms with Crippen LogP contribution in [0, 0.1) is 13.8 Å². The first-order valence-corrected chi connectivity index (χ1v) is 13.1. The Hall–Kier alpha value is -3.81. The molecule has 0 saturated carbocycles. The summed E-state index contributed by atoms with van der Waals surface area (Å²) in [6.45, 7) is 4.11. The van der Waals surface area contributed by atoms with Crippen molar-refractivity contribution in [2.45, 2.75) is 25.3 Å². The molecule has 0 spiro atoms. The lowest BCUT2D eigenvalue weighted by Crippen LogP contribution is -2.17. The van der Waals surface area contributed by atoms with Crippen LogP contribution in [-0.4, -0.2) is 14.3 Å². The van der Waals surface area contributed by atoms with Gasteiger partial charge < -0.3 is 10.1 Å². The topological polar surface area (TPSA) is 84.5 Å². The van der Waals surface area contributed by atoms with E-state index in [2.05, 4.69) is 10.0 Å². The molecule has 0 atom stereocenters. The van der Waals surface area contributed by atoms with E-state index in [4.69, 9.17) is 16.3 Å². The van der Waals surface area contributed by atoms with Crippen LogP contribution in [0.25, 0.3) is 0 Å². The maximum atomic E-state index is 13.1. The van der Waals surface area contributed by atoms with Crippen molar-refractivity contribution in [2.75, 3.05) is 10.0 Å². The molecule has 2 N–H and O–H groups in total. The average Bonchev–Trinajstić information content (AvgIpc) is 2.86. The highest BCUT2D eigenvalue weighted by molar-refractivity contribution is 7.92. The van der Waals surface area contributed by atoms with E-state index in [1.54, 1.807) is 37.3 Å². The molecule has 0 aliphatic carbocycles. The van der Waals surface area contributed by atoms with Crippen LogP contribution in [0.4, 0.5) is 11.4 Å². The van der Waals surface area contributed by atoms with Crippen LogP contribution in [0.3, 0.4) is 0 Å². The Morgan fingerprint density at radius 1 is 0.889 bits per heavy atom. The number of carbonyl (C=O) groups excluding carboxylic acids is 1. The highest BCUT2D eigenvalue weighted by Gasteiger charge is 2.21. The third-order valence-corrected chi connectivity index (χ3v) is 7.33. The fourth-order valence-electron chi connectivity index (χ4n) is 3.47. The molecule has 0 unspecified atom stereocenters. The molecule has 0 bridgehead atoms. The van der Waals surface area contributed by atoms with Crippen LogP contribution < -0.4 is 14.8 Å². The van der Waals surface area contributed by atoms with Crippen LogP contribution in [0.2, 0.25) is 5.02 Å². The number of carbonyl (C=O) groups is 1. The summed E-state index contributed by atoms with van der Waals surface area (Å²) in [5.74, 6) is 0.196. The zero-order chi connectivity index (χ0) is 25.7. The number of hydrogen-bond acceptors (Lipinski definition) is 4. The molecule has 6 nitrogen and oxygen atoms in total. The highest BCUT2D eigenvalue weighted by atomic mass is 35.5. The Morgan fingerprint density at radius 2 is 1.61 bits per heavy atom. The van der Waals surface area contributed by atoms with Gasteiger partial charge in [0.2, 0.25) is 0 Å². The number of aryl methyl sites for hydroxylation is 2. The summed E-state index contributed by atoms with van der Waals surface area (Å²) < 4.78 is 34.5. The summed E-state index contributed by atoms with van der Waals surface area (Å²) in [7, 11) is -4.03. The molecule has 0 saturated heterocycles.